The molecule has 0 amide bonds. The Hall–Kier alpha value is -2.73. The zero-order valence-electron chi connectivity index (χ0n) is 12.8. The number of halogens is 1. The van der Waals surface area contributed by atoms with Crippen LogP contribution in [0.15, 0.2) is 71.6 Å². The fourth-order valence-corrected chi connectivity index (χ4v) is 2.93. The van der Waals surface area contributed by atoms with Crippen LogP contribution >= 0.6 is 15.9 Å². The van der Waals surface area contributed by atoms with Crippen molar-refractivity contribution in [2.75, 3.05) is 5.32 Å². The first-order valence-electron chi connectivity index (χ1n) is 7.59. The number of benzene rings is 1. The van der Waals surface area contributed by atoms with Crippen molar-refractivity contribution in [3.8, 4) is 11.3 Å². The standard InChI is InChI=1S/C18H14BrN5/c19-15-12-22-24-17(21-11-13-5-4-8-20-10-13)9-16(23-18(15)24)14-6-2-1-3-7-14/h1-10,12H,11H2,(H,21,22,23)/p+1. The van der Waals surface area contributed by atoms with Gasteiger partial charge in [-0.1, -0.05) is 41.4 Å². The summed E-state index contributed by atoms with van der Waals surface area (Å²) in [7, 11) is 0. The van der Waals surface area contributed by atoms with Crippen LogP contribution in [-0.2, 0) is 6.54 Å². The van der Waals surface area contributed by atoms with E-state index in [0.29, 0.717) is 6.54 Å². The second-order valence-corrected chi connectivity index (χ2v) is 6.24. The number of hydrogen-bond donors (Lipinski definition) is 2. The van der Waals surface area contributed by atoms with Gasteiger partial charge < -0.3 is 0 Å². The van der Waals surface area contributed by atoms with Crippen molar-refractivity contribution in [3.05, 3.63) is 77.2 Å². The van der Waals surface area contributed by atoms with Gasteiger partial charge in [0.15, 0.2) is 5.69 Å². The summed E-state index contributed by atoms with van der Waals surface area (Å²) < 4.78 is 2.84. The van der Waals surface area contributed by atoms with Crippen LogP contribution in [-0.4, -0.2) is 15.1 Å². The summed E-state index contributed by atoms with van der Waals surface area (Å²) in [5.74, 6) is 0.938. The number of nitrogens with zero attached hydrogens (tertiary/aromatic N) is 3. The van der Waals surface area contributed by atoms with Crippen LogP contribution < -0.4 is 9.83 Å². The molecule has 0 saturated heterocycles. The number of anilines is 1. The predicted octanol–water partition coefficient (Wildman–Crippen LogP) is 3.59. The van der Waals surface area contributed by atoms with E-state index in [4.69, 9.17) is 4.98 Å². The lowest BCUT2D eigenvalue weighted by molar-refractivity contribution is -0.564. The Bertz CT molecular complexity index is 967. The molecule has 24 heavy (non-hydrogen) atoms. The van der Waals surface area contributed by atoms with Crippen LogP contribution in [0.2, 0.25) is 0 Å². The molecule has 0 aliphatic rings. The normalized spacial score (nSPS) is 10.9. The number of pyridine rings is 1. The highest BCUT2D eigenvalue weighted by atomic mass is 79.9. The molecule has 0 atom stereocenters. The van der Waals surface area contributed by atoms with Crippen LogP contribution in [0.5, 0.6) is 0 Å². The minimum Gasteiger partial charge on any atom is -0.300 e. The lowest BCUT2D eigenvalue weighted by Crippen LogP contribution is -2.29. The molecule has 0 bridgehead atoms. The van der Waals surface area contributed by atoms with E-state index in [1.807, 2.05) is 53.3 Å². The molecule has 0 unspecified atom stereocenters. The van der Waals surface area contributed by atoms with Crippen molar-refractivity contribution in [1.82, 2.24) is 15.1 Å². The molecule has 4 rings (SSSR count). The van der Waals surface area contributed by atoms with Crippen LogP contribution in [0.3, 0.4) is 0 Å². The van der Waals surface area contributed by atoms with Gasteiger partial charge in [0.1, 0.15) is 4.47 Å². The Kier molecular flexibility index (Phi) is 3.96. The first-order valence-corrected chi connectivity index (χ1v) is 8.38. The largest absolute Gasteiger partial charge is 0.301 e. The first-order chi connectivity index (χ1) is 11.8. The van der Waals surface area contributed by atoms with Crippen molar-refractivity contribution in [2.24, 2.45) is 0 Å². The van der Waals surface area contributed by atoms with Gasteiger partial charge in [-0.05, 0) is 22.0 Å². The summed E-state index contributed by atoms with van der Waals surface area (Å²) in [4.78, 5) is 8.91. The van der Waals surface area contributed by atoms with Gasteiger partial charge in [0, 0.05) is 23.5 Å². The molecule has 3 heterocycles. The number of H-pyrrole nitrogens is 1. The van der Waals surface area contributed by atoms with E-state index < -0.39 is 0 Å². The number of rotatable bonds is 4. The fraction of sp³-hybridized carbons (Fsp3) is 0.0556. The third-order valence-corrected chi connectivity index (χ3v) is 4.34. The highest BCUT2D eigenvalue weighted by molar-refractivity contribution is 9.10. The number of aromatic nitrogens is 4. The van der Waals surface area contributed by atoms with E-state index in [9.17, 15) is 0 Å². The van der Waals surface area contributed by atoms with E-state index in [-0.39, 0.29) is 0 Å². The van der Waals surface area contributed by atoms with E-state index in [0.717, 1.165) is 32.8 Å². The summed E-state index contributed by atoms with van der Waals surface area (Å²) in [6, 6.07) is 16.2. The van der Waals surface area contributed by atoms with Crippen molar-refractivity contribution in [1.29, 1.82) is 0 Å². The van der Waals surface area contributed by atoms with Gasteiger partial charge in [-0.2, -0.15) is 0 Å². The summed E-state index contributed by atoms with van der Waals surface area (Å²) >= 11 is 3.55. The molecule has 0 aliphatic carbocycles. The second-order valence-electron chi connectivity index (χ2n) is 5.39. The minimum absolute atomic E-state index is 0.685. The molecule has 0 aliphatic heterocycles. The molecule has 0 radical (unpaired) electrons. The van der Waals surface area contributed by atoms with Gasteiger partial charge in [0.05, 0.1) is 18.8 Å². The number of fused-ring (bicyclic) bond motifs is 1. The topological polar surface area (TPSA) is 57.7 Å². The van der Waals surface area contributed by atoms with Gasteiger partial charge in [-0.25, -0.2) is 5.10 Å². The zero-order chi connectivity index (χ0) is 16.4. The van der Waals surface area contributed by atoms with Crippen molar-refractivity contribution in [3.63, 3.8) is 0 Å². The number of hydrogen-bond acceptors (Lipinski definition) is 3. The van der Waals surface area contributed by atoms with Crippen LogP contribution in [0.1, 0.15) is 5.56 Å². The monoisotopic (exact) mass is 380 g/mol. The van der Waals surface area contributed by atoms with Gasteiger partial charge in [0.25, 0.3) is 0 Å². The predicted molar refractivity (Wildman–Crippen MR) is 96.4 cm³/mol. The molecule has 118 valence electrons. The third-order valence-electron chi connectivity index (χ3n) is 3.75. The highest BCUT2D eigenvalue weighted by Gasteiger charge is 2.18. The number of aromatic amines is 1. The Morgan fingerprint density at radius 3 is 2.79 bits per heavy atom. The number of nitrogens with one attached hydrogen (secondary N) is 2. The highest BCUT2D eigenvalue weighted by Crippen LogP contribution is 2.22. The van der Waals surface area contributed by atoms with Crippen LogP contribution in [0.4, 0.5) is 5.82 Å². The summed E-state index contributed by atoms with van der Waals surface area (Å²) in [6.45, 7) is 0.685. The molecule has 0 fully saturated rings. The van der Waals surface area contributed by atoms with Crippen LogP contribution in [0, 0.1) is 0 Å². The van der Waals surface area contributed by atoms with E-state index in [2.05, 4.69) is 43.5 Å². The quantitative estimate of drug-likeness (QED) is 0.532. The van der Waals surface area contributed by atoms with E-state index in [1.165, 1.54) is 0 Å². The summed E-state index contributed by atoms with van der Waals surface area (Å²) in [5.41, 5.74) is 3.96. The van der Waals surface area contributed by atoms with E-state index in [1.54, 1.807) is 6.20 Å². The lowest BCUT2D eigenvalue weighted by Gasteiger charge is -2.04. The molecule has 0 spiro atoms. The van der Waals surface area contributed by atoms with Gasteiger partial charge in [-0.15, -0.1) is 4.52 Å². The molecule has 6 heteroatoms. The smallest absolute Gasteiger partial charge is 0.300 e. The molecule has 2 N–H and O–H groups in total. The maximum absolute atomic E-state index is 4.75. The van der Waals surface area contributed by atoms with Gasteiger partial charge in [-0.3, -0.25) is 10.3 Å². The SMILES string of the molecule is Brc1c[nH][n+]2c(NCc3cccnc3)cc(-c3ccccc3)nc12. The Morgan fingerprint density at radius 1 is 1.12 bits per heavy atom. The van der Waals surface area contributed by atoms with Crippen molar-refractivity contribution in [2.45, 2.75) is 6.54 Å². The minimum atomic E-state index is 0.685. The zero-order valence-corrected chi connectivity index (χ0v) is 14.4. The maximum atomic E-state index is 4.75. The average Bonchev–Trinajstić information content (AvgIpc) is 3.02. The summed E-state index contributed by atoms with van der Waals surface area (Å²) in [6.07, 6.45) is 5.52. The Morgan fingerprint density at radius 2 is 2.00 bits per heavy atom. The molecule has 3 aromatic heterocycles. The van der Waals surface area contributed by atoms with Crippen LogP contribution in [0.25, 0.3) is 16.9 Å². The Labute approximate surface area is 147 Å². The molecule has 4 aromatic rings. The van der Waals surface area contributed by atoms with Gasteiger partial charge in [0.2, 0.25) is 5.82 Å². The van der Waals surface area contributed by atoms with E-state index >= 15 is 0 Å². The second kappa shape index (κ2) is 6.41. The molecule has 0 saturated carbocycles. The maximum Gasteiger partial charge on any atom is 0.301 e. The molecule has 1 aromatic carbocycles. The molecule has 5 nitrogen and oxygen atoms in total. The molecular formula is C18H15BrN5+. The average molecular weight is 381 g/mol. The fourth-order valence-electron chi connectivity index (χ4n) is 2.56. The summed E-state index contributed by atoms with van der Waals surface area (Å²) in [5, 5.41) is 6.66. The molecular weight excluding hydrogens is 366 g/mol. The first kappa shape index (κ1) is 14.8. The van der Waals surface area contributed by atoms with Crippen molar-refractivity contribution < 1.29 is 4.52 Å². The van der Waals surface area contributed by atoms with Crippen molar-refractivity contribution >= 4 is 27.4 Å². The van der Waals surface area contributed by atoms with Gasteiger partial charge >= 0.3 is 5.65 Å². The lowest BCUT2D eigenvalue weighted by atomic mass is 10.1. The third kappa shape index (κ3) is 2.88. The Balaban J connectivity index is 1.76.